The number of aromatic nitrogens is 2. The number of thiophene rings is 1. The van der Waals surface area contributed by atoms with Gasteiger partial charge in [-0.15, -0.1) is 23.1 Å². The normalized spacial score (nSPS) is 19.5. The Morgan fingerprint density at radius 1 is 1.16 bits per heavy atom. The summed E-state index contributed by atoms with van der Waals surface area (Å²) in [5.41, 5.74) is 0.793. The smallest absolute Gasteiger partial charge is 0.255 e. The van der Waals surface area contributed by atoms with Crippen LogP contribution in [0.15, 0.2) is 51.2 Å². The van der Waals surface area contributed by atoms with Crippen molar-refractivity contribution in [2.75, 3.05) is 38.5 Å². The number of nitrogens with zero attached hydrogens (tertiary/aromatic N) is 4. The second kappa shape index (κ2) is 10.2. The second-order valence-corrected chi connectivity index (χ2v) is 10.0. The van der Waals surface area contributed by atoms with Crippen LogP contribution in [0.5, 0.6) is 0 Å². The SMILES string of the molecule is O=C(c1ccccc1SCC1CCCO1)N1CCN(Cc2nc(-c3cccs3)no2)CC1. The molecule has 2 saturated heterocycles. The highest BCUT2D eigenvalue weighted by Gasteiger charge is 2.25. The Hall–Kier alpha value is -2.20. The molecule has 32 heavy (non-hydrogen) atoms. The Balaban J connectivity index is 1.15. The summed E-state index contributed by atoms with van der Waals surface area (Å²) in [6.45, 7) is 4.41. The van der Waals surface area contributed by atoms with Gasteiger partial charge >= 0.3 is 0 Å². The van der Waals surface area contributed by atoms with Crippen LogP contribution in [0.4, 0.5) is 0 Å². The maximum absolute atomic E-state index is 13.2. The topological polar surface area (TPSA) is 71.7 Å². The molecule has 2 aliphatic rings. The van der Waals surface area contributed by atoms with Gasteiger partial charge in [0, 0.05) is 43.4 Å². The predicted molar refractivity (Wildman–Crippen MR) is 125 cm³/mol. The van der Waals surface area contributed by atoms with Crippen LogP contribution in [0, 0.1) is 0 Å². The summed E-state index contributed by atoms with van der Waals surface area (Å²) in [5.74, 6) is 2.26. The highest BCUT2D eigenvalue weighted by Crippen LogP contribution is 2.28. The number of rotatable bonds is 7. The molecule has 1 amide bonds. The number of piperazine rings is 1. The van der Waals surface area contributed by atoms with Gasteiger partial charge in [-0.25, -0.2) is 0 Å². The molecule has 0 aliphatic carbocycles. The fraction of sp³-hybridized carbons (Fsp3) is 0.435. The third kappa shape index (κ3) is 5.06. The molecule has 1 atom stereocenters. The molecule has 0 bridgehead atoms. The Morgan fingerprint density at radius 2 is 2.03 bits per heavy atom. The zero-order chi connectivity index (χ0) is 21.8. The van der Waals surface area contributed by atoms with E-state index >= 15 is 0 Å². The molecule has 3 aromatic rings. The van der Waals surface area contributed by atoms with Crippen LogP contribution in [0.2, 0.25) is 0 Å². The molecule has 0 spiro atoms. The van der Waals surface area contributed by atoms with Crippen molar-refractivity contribution in [3.8, 4) is 10.7 Å². The zero-order valence-corrected chi connectivity index (χ0v) is 19.4. The van der Waals surface area contributed by atoms with Gasteiger partial charge in [0.1, 0.15) is 0 Å². The maximum atomic E-state index is 13.2. The highest BCUT2D eigenvalue weighted by molar-refractivity contribution is 7.99. The van der Waals surface area contributed by atoms with E-state index in [1.165, 1.54) is 0 Å². The van der Waals surface area contributed by atoms with Crippen LogP contribution in [0.3, 0.4) is 0 Å². The Morgan fingerprint density at radius 3 is 2.81 bits per heavy atom. The summed E-state index contributed by atoms with van der Waals surface area (Å²) in [6, 6.07) is 11.9. The highest BCUT2D eigenvalue weighted by atomic mass is 32.2. The molecule has 5 rings (SSSR count). The largest absolute Gasteiger partial charge is 0.377 e. The number of thioether (sulfide) groups is 1. The van der Waals surface area contributed by atoms with Gasteiger partial charge < -0.3 is 14.2 Å². The van der Waals surface area contributed by atoms with Gasteiger partial charge in [-0.2, -0.15) is 4.98 Å². The van der Waals surface area contributed by atoms with Crippen molar-refractivity contribution in [3.63, 3.8) is 0 Å². The van der Waals surface area contributed by atoms with Crippen molar-refractivity contribution in [1.82, 2.24) is 19.9 Å². The van der Waals surface area contributed by atoms with Gasteiger partial charge in [-0.3, -0.25) is 9.69 Å². The van der Waals surface area contributed by atoms with E-state index in [1.807, 2.05) is 46.7 Å². The molecule has 0 saturated carbocycles. The van der Waals surface area contributed by atoms with Crippen molar-refractivity contribution in [1.29, 1.82) is 0 Å². The molecule has 168 valence electrons. The first-order chi connectivity index (χ1) is 15.8. The number of carbonyl (C=O) groups is 1. The first-order valence-corrected chi connectivity index (χ1v) is 12.8. The number of carbonyl (C=O) groups excluding carboxylic acids is 1. The molecular weight excluding hydrogens is 444 g/mol. The summed E-state index contributed by atoms with van der Waals surface area (Å²) < 4.78 is 11.2. The average Bonchev–Trinajstić information content (AvgIpc) is 3.61. The van der Waals surface area contributed by atoms with Gasteiger partial charge in [0.15, 0.2) is 0 Å². The predicted octanol–water partition coefficient (Wildman–Crippen LogP) is 4.03. The molecule has 0 radical (unpaired) electrons. The van der Waals surface area contributed by atoms with Gasteiger partial charge in [0.2, 0.25) is 11.7 Å². The van der Waals surface area contributed by atoms with E-state index in [0.717, 1.165) is 53.6 Å². The summed E-state index contributed by atoms with van der Waals surface area (Å²) >= 11 is 3.33. The molecule has 0 N–H and O–H groups in total. The Kier molecular flexibility index (Phi) is 6.87. The molecule has 2 fully saturated rings. The number of hydrogen-bond donors (Lipinski definition) is 0. The van der Waals surface area contributed by atoms with Gasteiger partial charge in [0.25, 0.3) is 5.91 Å². The lowest BCUT2D eigenvalue weighted by Gasteiger charge is -2.34. The van der Waals surface area contributed by atoms with E-state index in [9.17, 15) is 4.79 Å². The Labute approximate surface area is 195 Å². The van der Waals surface area contributed by atoms with E-state index in [-0.39, 0.29) is 5.91 Å². The molecule has 2 aromatic heterocycles. The maximum Gasteiger partial charge on any atom is 0.255 e. The molecule has 1 aromatic carbocycles. The Bertz CT molecular complexity index is 1030. The fourth-order valence-electron chi connectivity index (χ4n) is 4.02. The minimum Gasteiger partial charge on any atom is -0.377 e. The molecule has 7 nitrogen and oxygen atoms in total. The lowest BCUT2D eigenvalue weighted by atomic mass is 10.2. The minimum atomic E-state index is 0.109. The standard InChI is InChI=1S/C23H26N4O3S2/c28-23(18-6-1-2-7-19(18)32-16-17-5-3-13-29-17)27-11-9-26(10-12-27)15-21-24-22(25-30-21)20-8-4-14-31-20/h1-2,4,6-8,14,17H,3,5,9-13,15-16H2. The summed E-state index contributed by atoms with van der Waals surface area (Å²) in [6.07, 6.45) is 2.55. The number of benzene rings is 1. The van der Waals surface area contributed by atoms with Crippen LogP contribution in [-0.4, -0.2) is 70.5 Å². The molecule has 9 heteroatoms. The van der Waals surface area contributed by atoms with E-state index in [1.54, 1.807) is 23.1 Å². The summed E-state index contributed by atoms with van der Waals surface area (Å²) in [7, 11) is 0. The average molecular weight is 471 g/mol. The van der Waals surface area contributed by atoms with Crippen molar-refractivity contribution < 1.29 is 14.1 Å². The zero-order valence-electron chi connectivity index (χ0n) is 17.8. The monoisotopic (exact) mass is 470 g/mol. The summed E-state index contributed by atoms with van der Waals surface area (Å²) in [4.78, 5) is 24.0. The first-order valence-electron chi connectivity index (χ1n) is 11.0. The lowest BCUT2D eigenvalue weighted by molar-refractivity contribution is 0.0611. The first kappa shape index (κ1) is 21.6. The number of hydrogen-bond acceptors (Lipinski definition) is 8. The van der Waals surface area contributed by atoms with E-state index in [0.29, 0.717) is 37.5 Å². The van der Waals surface area contributed by atoms with E-state index in [4.69, 9.17) is 9.26 Å². The van der Waals surface area contributed by atoms with Crippen LogP contribution in [-0.2, 0) is 11.3 Å². The third-order valence-corrected chi connectivity index (χ3v) is 7.87. The van der Waals surface area contributed by atoms with Crippen LogP contribution in [0.1, 0.15) is 29.1 Å². The van der Waals surface area contributed by atoms with Crippen LogP contribution in [0.25, 0.3) is 10.7 Å². The quantitative estimate of drug-likeness (QED) is 0.483. The third-order valence-electron chi connectivity index (χ3n) is 5.79. The molecule has 4 heterocycles. The van der Waals surface area contributed by atoms with E-state index < -0.39 is 0 Å². The van der Waals surface area contributed by atoms with Crippen molar-refractivity contribution in [3.05, 3.63) is 53.2 Å². The lowest BCUT2D eigenvalue weighted by Crippen LogP contribution is -2.48. The van der Waals surface area contributed by atoms with E-state index in [2.05, 4.69) is 15.0 Å². The van der Waals surface area contributed by atoms with Gasteiger partial charge in [-0.1, -0.05) is 23.4 Å². The van der Waals surface area contributed by atoms with Gasteiger partial charge in [-0.05, 0) is 36.4 Å². The second-order valence-electron chi connectivity index (χ2n) is 8.00. The minimum absolute atomic E-state index is 0.109. The number of amides is 1. The molecular formula is C23H26N4O3S2. The van der Waals surface area contributed by atoms with Crippen molar-refractivity contribution in [2.45, 2.75) is 30.4 Å². The molecule has 2 aliphatic heterocycles. The fourth-order valence-corrected chi connectivity index (χ4v) is 5.79. The molecule has 1 unspecified atom stereocenters. The van der Waals surface area contributed by atoms with Crippen molar-refractivity contribution in [2.24, 2.45) is 0 Å². The van der Waals surface area contributed by atoms with Gasteiger partial charge in [0.05, 0.1) is 23.1 Å². The van der Waals surface area contributed by atoms with Crippen LogP contribution < -0.4 is 0 Å². The van der Waals surface area contributed by atoms with Crippen molar-refractivity contribution >= 4 is 29.0 Å². The number of ether oxygens (including phenoxy) is 1. The summed E-state index contributed by atoms with van der Waals surface area (Å²) in [5, 5.41) is 6.09. The van der Waals surface area contributed by atoms with Crippen LogP contribution >= 0.6 is 23.1 Å².